The van der Waals surface area contributed by atoms with E-state index in [2.05, 4.69) is 0 Å². The highest BCUT2D eigenvalue weighted by atomic mass is 16.7. The standard InChI is InChI=1S/C11H14O3/c1-2-4-10(5-3-1)6-12-7-11-8-13-9-14-11/h1-5,11H,6-9H2/t11-/m1/s1. The minimum atomic E-state index is 0.110. The SMILES string of the molecule is c1ccc(COC[C@@H]2COCO2)cc1. The average molecular weight is 194 g/mol. The second-order valence-electron chi connectivity index (χ2n) is 3.28. The van der Waals surface area contributed by atoms with E-state index in [1.165, 1.54) is 5.56 Å². The Labute approximate surface area is 83.6 Å². The van der Waals surface area contributed by atoms with E-state index in [-0.39, 0.29) is 6.10 Å². The van der Waals surface area contributed by atoms with Crippen LogP contribution in [0.1, 0.15) is 5.56 Å². The van der Waals surface area contributed by atoms with Crippen molar-refractivity contribution in [1.29, 1.82) is 0 Å². The number of rotatable bonds is 4. The summed E-state index contributed by atoms with van der Waals surface area (Å²) in [5.74, 6) is 0. The Morgan fingerprint density at radius 1 is 1.29 bits per heavy atom. The number of ether oxygens (including phenoxy) is 3. The Morgan fingerprint density at radius 3 is 2.86 bits per heavy atom. The van der Waals surface area contributed by atoms with Crippen LogP contribution in [0.15, 0.2) is 30.3 Å². The zero-order valence-electron chi connectivity index (χ0n) is 8.02. The molecule has 0 N–H and O–H groups in total. The van der Waals surface area contributed by atoms with Crippen LogP contribution in [-0.2, 0) is 20.8 Å². The lowest BCUT2D eigenvalue weighted by Crippen LogP contribution is -2.17. The maximum absolute atomic E-state index is 5.50. The van der Waals surface area contributed by atoms with Crippen LogP contribution in [0, 0.1) is 0 Å². The molecular formula is C11H14O3. The van der Waals surface area contributed by atoms with Gasteiger partial charge < -0.3 is 14.2 Å². The summed E-state index contributed by atoms with van der Waals surface area (Å²) in [7, 11) is 0. The van der Waals surface area contributed by atoms with Gasteiger partial charge in [-0.3, -0.25) is 0 Å². The van der Waals surface area contributed by atoms with Gasteiger partial charge in [-0.2, -0.15) is 0 Å². The maximum atomic E-state index is 5.50. The van der Waals surface area contributed by atoms with Crippen molar-refractivity contribution in [3.8, 4) is 0 Å². The Bertz CT molecular complexity index is 254. The van der Waals surface area contributed by atoms with Crippen LogP contribution in [0.25, 0.3) is 0 Å². The molecule has 14 heavy (non-hydrogen) atoms. The molecule has 1 aliphatic heterocycles. The first-order valence-corrected chi connectivity index (χ1v) is 4.76. The molecule has 0 amide bonds. The number of benzene rings is 1. The van der Waals surface area contributed by atoms with Gasteiger partial charge in [-0.1, -0.05) is 30.3 Å². The molecule has 1 fully saturated rings. The van der Waals surface area contributed by atoms with E-state index in [1.807, 2.05) is 30.3 Å². The third kappa shape index (κ3) is 2.80. The summed E-state index contributed by atoms with van der Waals surface area (Å²) in [5.41, 5.74) is 1.19. The first-order chi connectivity index (χ1) is 6.95. The summed E-state index contributed by atoms with van der Waals surface area (Å²) in [5, 5.41) is 0. The molecule has 1 atom stereocenters. The molecule has 1 saturated heterocycles. The van der Waals surface area contributed by atoms with Crippen molar-refractivity contribution in [1.82, 2.24) is 0 Å². The molecule has 1 aliphatic rings. The second kappa shape index (κ2) is 5.10. The first-order valence-electron chi connectivity index (χ1n) is 4.76. The fourth-order valence-electron chi connectivity index (χ4n) is 1.35. The molecule has 3 nitrogen and oxygen atoms in total. The van der Waals surface area contributed by atoms with Gasteiger partial charge in [0.15, 0.2) is 0 Å². The third-order valence-corrected chi connectivity index (χ3v) is 2.11. The summed E-state index contributed by atoms with van der Waals surface area (Å²) < 4.78 is 15.8. The van der Waals surface area contributed by atoms with Crippen LogP contribution in [0.2, 0.25) is 0 Å². The van der Waals surface area contributed by atoms with Gasteiger partial charge >= 0.3 is 0 Å². The zero-order chi connectivity index (χ0) is 9.64. The monoisotopic (exact) mass is 194 g/mol. The highest BCUT2D eigenvalue weighted by molar-refractivity contribution is 5.13. The molecule has 1 heterocycles. The van der Waals surface area contributed by atoms with Crippen molar-refractivity contribution in [2.45, 2.75) is 12.7 Å². The van der Waals surface area contributed by atoms with E-state index < -0.39 is 0 Å². The predicted molar refractivity (Wildman–Crippen MR) is 51.8 cm³/mol. The van der Waals surface area contributed by atoms with E-state index in [1.54, 1.807) is 0 Å². The number of hydrogen-bond donors (Lipinski definition) is 0. The first kappa shape index (κ1) is 9.65. The van der Waals surface area contributed by atoms with Crippen molar-refractivity contribution in [3.05, 3.63) is 35.9 Å². The fourth-order valence-corrected chi connectivity index (χ4v) is 1.35. The lowest BCUT2D eigenvalue weighted by molar-refractivity contribution is 0.000613. The molecule has 3 heteroatoms. The van der Waals surface area contributed by atoms with Gasteiger partial charge in [0, 0.05) is 0 Å². The van der Waals surface area contributed by atoms with E-state index in [4.69, 9.17) is 14.2 Å². The Hall–Kier alpha value is -0.900. The second-order valence-corrected chi connectivity index (χ2v) is 3.28. The molecule has 0 aliphatic carbocycles. The quantitative estimate of drug-likeness (QED) is 0.728. The van der Waals surface area contributed by atoms with Gasteiger partial charge in [-0.05, 0) is 5.56 Å². The minimum absolute atomic E-state index is 0.110. The van der Waals surface area contributed by atoms with Crippen molar-refractivity contribution in [2.24, 2.45) is 0 Å². The highest BCUT2D eigenvalue weighted by Crippen LogP contribution is 2.05. The van der Waals surface area contributed by atoms with E-state index in [0.29, 0.717) is 26.6 Å². The van der Waals surface area contributed by atoms with Gasteiger partial charge in [0.05, 0.1) is 19.8 Å². The molecule has 0 saturated carbocycles. The van der Waals surface area contributed by atoms with Crippen molar-refractivity contribution in [3.63, 3.8) is 0 Å². The van der Waals surface area contributed by atoms with E-state index in [9.17, 15) is 0 Å². The lowest BCUT2D eigenvalue weighted by atomic mass is 10.2. The van der Waals surface area contributed by atoms with Gasteiger partial charge in [-0.25, -0.2) is 0 Å². The molecule has 0 bridgehead atoms. The molecular weight excluding hydrogens is 180 g/mol. The molecule has 0 unspecified atom stereocenters. The molecule has 1 aromatic rings. The molecule has 0 spiro atoms. The summed E-state index contributed by atoms with van der Waals surface area (Å²) in [4.78, 5) is 0. The fraction of sp³-hybridized carbons (Fsp3) is 0.455. The highest BCUT2D eigenvalue weighted by Gasteiger charge is 2.15. The summed E-state index contributed by atoms with van der Waals surface area (Å²) in [6, 6.07) is 10.1. The Morgan fingerprint density at radius 2 is 2.14 bits per heavy atom. The molecule has 2 rings (SSSR count). The largest absolute Gasteiger partial charge is 0.374 e. The summed E-state index contributed by atoms with van der Waals surface area (Å²) >= 11 is 0. The van der Waals surface area contributed by atoms with E-state index in [0.717, 1.165) is 0 Å². The van der Waals surface area contributed by atoms with Crippen molar-refractivity contribution >= 4 is 0 Å². The lowest BCUT2D eigenvalue weighted by Gasteiger charge is -2.08. The third-order valence-electron chi connectivity index (χ3n) is 2.11. The van der Waals surface area contributed by atoms with Crippen LogP contribution in [0.4, 0.5) is 0 Å². The molecule has 1 aromatic carbocycles. The topological polar surface area (TPSA) is 27.7 Å². The molecule has 0 aromatic heterocycles. The van der Waals surface area contributed by atoms with Crippen LogP contribution in [0.5, 0.6) is 0 Å². The van der Waals surface area contributed by atoms with E-state index >= 15 is 0 Å². The van der Waals surface area contributed by atoms with Gasteiger partial charge in [0.2, 0.25) is 0 Å². The smallest absolute Gasteiger partial charge is 0.147 e. The van der Waals surface area contributed by atoms with Crippen molar-refractivity contribution in [2.75, 3.05) is 20.0 Å². The van der Waals surface area contributed by atoms with Crippen molar-refractivity contribution < 1.29 is 14.2 Å². The van der Waals surface area contributed by atoms with Gasteiger partial charge in [-0.15, -0.1) is 0 Å². The summed E-state index contributed by atoms with van der Waals surface area (Å²) in [6.07, 6.45) is 0.110. The van der Waals surface area contributed by atoms with Crippen LogP contribution in [-0.4, -0.2) is 26.1 Å². The maximum Gasteiger partial charge on any atom is 0.147 e. The summed E-state index contributed by atoms with van der Waals surface area (Å²) in [6.45, 7) is 2.30. The Balaban J connectivity index is 1.67. The van der Waals surface area contributed by atoms with Gasteiger partial charge in [0.1, 0.15) is 12.9 Å². The normalized spacial score (nSPS) is 21.3. The van der Waals surface area contributed by atoms with Crippen LogP contribution in [0.3, 0.4) is 0 Å². The molecule has 0 radical (unpaired) electrons. The Kier molecular flexibility index (Phi) is 3.51. The predicted octanol–water partition coefficient (Wildman–Crippen LogP) is 1.58. The number of hydrogen-bond acceptors (Lipinski definition) is 3. The average Bonchev–Trinajstić information content (AvgIpc) is 2.72. The molecule has 76 valence electrons. The van der Waals surface area contributed by atoms with Gasteiger partial charge in [0.25, 0.3) is 0 Å². The minimum Gasteiger partial charge on any atom is -0.374 e. The van der Waals surface area contributed by atoms with Crippen LogP contribution < -0.4 is 0 Å². The zero-order valence-corrected chi connectivity index (χ0v) is 8.02. The van der Waals surface area contributed by atoms with Crippen LogP contribution >= 0.6 is 0 Å².